The van der Waals surface area contributed by atoms with E-state index in [1.807, 2.05) is 18.2 Å². The first-order valence-corrected chi connectivity index (χ1v) is 6.47. The standard InChI is InChI=1S/C16H17N3/c1-12-7-8-13(2)19(12)17-11-15-10-9-14-5-3-4-6-16(14)18-15/h3-10,17H,11H2,1-2H3. The van der Waals surface area contributed by atoms with E-state index < -0.39 is 0 Å². The molecule has 0 fully saturated rings. The monoisotopic (exact) mass is 251 g/mol. The van der Waals surface area contributed by atoms with Crippen molar-refractivity contribution in [3.05, 3.63) is 65.6 Å². The van der Waals surface area contributed by atoms with Crippen molar-refractivity contribution in [2.24, 2.45) is 0 Å². The van der Waals surface area contributed by atoms with Crippen LogP contribution in [0.3, 0.4) is 0 Å². The minimum absolute atomic E-state index is 0.723. The van der Waals surface area contributed by atoms with Crippen LogP contribution in [0.2, 0.25) is 0 Å². The highest BCUT2D eigenvalue weighted by Crippen LogP contribution is 2.12. The van der Waals surface area contributed by atoms with Crippen molar-refractivity contribution in [1.82, 2.24) is 9.66 Å². The fourth-order valence-electron chi connectivity index (χ4n) is 2.28. The van der Waals surface area contributed by atoms with Crippen LogP contribution in [0.1, 0.15) is 17.1 Å². The fourth-order valence-corrected chi connectivity index (χ4v) is 2.28. The normalized spacial score (nSPS) is 10.8. The second-order valence-electron chi connectivity index (χ2n) is 4.78. The first kappa shape index (κ1) is 11.8. The smallest absolute Gasteiger partial charge is 0.0736 e. The molecule has 1 aromatic carbocycles. The Balaban J connectivity index is 1.82. The molecule has 0 unspecified atom stereocenters. The molecule has 3 heteroatoms. The summed E-state index contributed by atoms with van der Waals surface area (Å²) in [5, 5.41) is 1.18. The van der Waals surface area contributed by atoms with Gasteiger partial charge in [-0.15, -0.1) is 0 Å². The number of pyridine rings is 1. The molecule has 0 atom stereocenters. The van der Waals surface area contributed by atoms with Crippen molar-refractivity contribution in [2.45, 2.75) is 20.4 Å². The lowest BCUT2D eigenvalue weighted by Crippen LogP contribution is -2.17. The minimum atomic E-state index is 0.723. The molecule has 96 valence electrons. The number of rotatable bonds is 3. The molecule has 0 spiro atoms. The largest absolute Gasteiger partial charge is 0.320 e. The first-order chi connectivity index (χ1) is 9.24. The molecule has 2 heterocycles. The Kier molecular flexibility index (Phi) is 2.95. The number of hydrogen-bond donors (Lipinski definition) is 1. The number of hydrogen-bond acceptors (Lipinski definition) is 2. The first-order valence-electron chi connectivity index (χ1n) is 6.47. The molecule has 0 radical (unpaired) electrons. The molecular weight excluding hydrogens is 234 g/mol. The van der Waals surface area contributed by atoms with Crippen molar-refractivity contribution in [3.63, 3.8) is 0 Å². The lowest BCUT2D eigenvalue weighted by Gasteiger charge is -2.12. The third-order valence-corrected chi connectivity index (χ3v) is 3.35. The zero-order valence-corrected chi connectivity index (χ0v) is 11.2. The molecule has 0 bridgehead atoms. The topological polar surface area (TPSA) is 29.9 Å². The predicted octanol–water partition coefficient (Wildman–Crippen LogP) is 3.40. The summed E-state index contributed by atoms with van der Waals surface area (Å²) in [6, 6.07) is 16.6. The average molecular weight is 251 g/mol. The van der Waals surface area contributed by atoms with Gasteiger partial charge in [-0.2, -0.15) is 0 Å². The van der Waals surface area contributed by atoms with Crippen LogP contribution < -0.4 is 5.43 Å². The van der Waals surface area contributed by atoms with Crippen LogP contribution in [0.4, 0.5) is 0 Å². The van der Waals surface area contributed by atoms with Gasteiger partial charge in [0.15, 0.2) is 0 Å². The number of aryl methyl sites for hydroxylation is 2. The van der Waals surface area contributed by atoms with E-state index >= 15 is 0 Å². The van der Waals surface area contributed by atoms with E-state index in [9.17, 15) is 0 Å². The van der Waals surface area contributed by atoms with Gasteiger partial charge in [-0.1, -0.05) is 24.3 Å². The third kappa shape index (κ3) is 2.32. The van der Waals surface area contributed by atoms with Crippen LogP contribution in [0.15, 0.2) is 48.5 Å². The Hall–Kier alpha value is -2.29. The van der Waals surface area contributed by atoms with Gasteiger partial charge in [0.25, 0.3) is 0 Å². The van der Waals surface area contributed by atoms with E-state index in [0.29, 0.717) is 0 Å². The van der Waals surface area contributed by atoms with Crippen LogP contribution >= 0.6 is 0 Å². The Morgan fingerprint density at radius 1 is 0.947 bits per heavy atom. The van der Waals surface area contributed by atoms with E-state index in [1.165, 1.54) is 16.8 Å². The van der Waals surface area contributed by atoms with Gasteiger partial charge in [-0.3, -0.25) is 9.66 Å². The molecule has 19 heavy (non-hydrogen) atoms. The molecule has 1 N–H and O–H groups in total. The van der Waals surface area contributed by atoms with Crippen molar-refractivity contribution in [2.75, 3.05) is 5.43 Å². The van der Waals surface area contributed by atoms with Gasteiger partial charge in [0.1, 0.15) is 0 Å². The quantitative estimate of drug-likeness (QED) is 0.773. The summed E-state index contributed by atoms with van der Waals surface area (Å²) >= 11 is 0. The van der Waals surface area contributed by atoms with E-state index in [4.69, 9.17) is 0 Å². The highest BCUT2D eigenvalue weighted by Gasteiger charge is 2.01. The highest BCUT2D eigenvalue weighted by atomic mass is 15.4. The summed E-state index contributed by atoms with van der Waals surface area (Å²) < 4.78 is 2.09. The van der Waals surface area contributed by atoms with E-state index in [2.05, 4.69) is 59.3 Å². The lowest BCUT2D eigenvalue weighted by molar-refractivity contribution is 0.783. The van der Waals surface area contributed by atoms with E-state index in [1.54, 1.807) is 0 Å². The van der Waals surface area contributed by atoms with Gasteiger partial charge in [-0.25, -0.2) is 0 Å². The van der Waals surface area contributed by atoms with Crippen molar-refractivity contribution in [1.29, 1.82) is 0 Å². The van der Waals surface area contributed by atoms with Gasteiger partial charge in [0.2, 0.25) is 0 Å². The van der Waals surface area contributed by atoms with Gasteiger partial charge in [0.05, 0.1) is 17.8 Å². The van der Waals surface area contributed by atoms with Crippen molar-refractivity contribution >= 4 is 10.9 Å². The Labute approximate surface area is 112 Å². The van der Waals surface area contributed by atoms with Gasteiger partial charge < -0.3 is 5.43 Å². The van der Waals surface area contributed by atoms with Crippen LogP contribution in [0, 0.1) is 13.8 Å². The Bertz CT molecular complexity index is 693. The average Bonchev–Trinajstić information content (AvgIpc) is 2.76. The molecule has 0 aliphatic rings. The van der Waals surface area contributed by atoms with Crippen LogP contribution in [-0.2, 0) is 6.54 Å². The van der Waals surface area contributed by atoms with Crippen LogP contribution in [0.25, 0.3) is 10.9 Å². The van der Waals surface area contributed by atoms with E-state index in [-0.39, 0.29) is 0 Å². The second kappa shape index (κ2) is 4.76. The molecular formula is C16H17N3. The van der Waals surface area contributed by atoms with Crippen LogP contribution in [0.5, 0.6) is 0 Å². The minimum Gasteiger partial charge on any atom is -0.320 e. The molecule has 3 nitrogen and oxygen atoms in total. The SMILES string of the molecule is Cc1ccc(C)n1NCc1ccc2ccccc2n1. The number of para-hydroxylation sites is 1. The lowest BCUT2D eigenvalue weighted by atomic mass is 10.2. The summed E-state index contributed by atoms with van der Waals surface area (Å²) in [6.45, 7) is 4.91. The maximum Gasteiger partial charge on any atom is 0.0736 e. The summed E-state index contributed by atoms with van der Waals surface area (Å²) in [7, 11) is 0. The number of fused-ring (bicyclic) bond motifs is 1. The predicted molar refractivity (Wildman–Crippen MR) is 78.7 cm³/mol. The maximum atomic E-state index is 4.66. The van der Waals surface area contributed by atoms with Gasteiger partial charge in [0, 0.05) is 16.8 Å². The number of benzene rings is 1. The zero-order chi connectivity index (χ0) is 13.2. The second-order valence-corrected chi connectivity index (χ2v) is 4.78. The Morgan fingerprint density at radius 2 is 1.68 bits per heavy atom. The Morgan fingerprint density at radius 3 is 2.47 bits per heavy atom. The maximum absolute atomic E-state index is 4.66. The van der Waals surface area contributed by atoms with E-state index in [0.717, 1.165) is 17.8 Å². The molecule has 0 aliphatic carbocycles. The fraction of sp³-hybridized carbons (Fsp3) is 0.188. The summed E-state index contributed by atoms with van der Waals surface area (Å²) in [6.07, 6.45) is 0. The number of nitrogens with zero attached hydrogens (tertiary/aromatic N) is 2. The molecule has 0 amide bonds. The molecule has 0 saturated heterocycles. The van der Waals surface area contributed by atoms with Crippen molar-refractivity contribution < 1.29 is 0 Å². The summed E-state index contributed by atoms with van der Waals surface area (Å²) in [5.41, 5.74) is 7.90. The molecule has 0 aliphatic heterocycles. The molecule has 3 aromatic rings. The summed E-state index contributed by atoms with van der Waals surface area (Å²) in [4.78, 5) is 4.66. The molecule has 0 saturated carbocycles. The van der Waals surface area contributed by atoms with Gasteiger partial charge in [-0.05, 0) is 38.1 Å². The molecule has 2 aromatic heterocycles. The van der Waals surface area contributed by atoms with Gasteiger partial charge >= 0.3 is 0 Å². The van der Waals surface area contributed by atoms with Crippen LogP contribution in [-0.4, -0.2) is 9.66 Å². The summed E-state index contributed by atoms with van der Waals surface area (Å²) in [5.74, 6) is 0. The number of aromatic nitrogens is 2. The third-order valence-electron chi connectivity index (χ3n) is 3.35. The highest BCUT2D eigenvalue weighted by molar-refractivity contribution is 5.78. The molecule has 3 rings (SSSR count). The number of nitrogens with one attached hydrogen (secondary N) is 1. The van der Waals surface area contributed by atoms with Crippen molar-refractivity contribution in [3.8, 4) is 0 Å². The zero-order valence-electron chi connectivity index (χ0n) is 11.2.